The van der Waals surface area contributed by atoms with Crippen molar-refractivity contribution in [2.45, 2.75) is 38.0 Å². The van der Waals surface area contributed by atoms with Gasteiger partial charge >= 0.3 is 23.8 Å². The number of halogens is 3. The summed E-state index contributed by atoms with van der Waals surface area (Å²) in [6.45, 7) is 0. The number of hydrogen-bond donors (Lipinski definition) is 3. The monoisotopic (exact) mass is 474 g/mol. The third kappa shape index (κ3) is 5.53. The van der Waals surface area contributed by atoms with E-state index in [4.69, 9.17) is 9.52 Å². The highest BCUT2D eigenvalue weighted by Gasteiger charge is 2.24. The van der Waals surface area contributed by atoms with Gasteiger partial charge in [-0.15, -0.1) is 5.10 Å². The number of carboxylic acid groups (broad SMARTS) is 1. The Kier molecular flexibility index (Phi) is 6.80. The molecule has 0 bridgehead atoms. The molecule has 11 heteroatoms. The highest BCUT2D eigenvalue weighted by molar-refractivity contribution is 6.00. The van der Waals surface area contributed by atoms with Crippen LogP contribution in [-0.4, -0.2) is 27.2 Å². The normalized spacial score (nSPS) is 17.9. The fourth-order valence-corrected chi connectivity index (χ4v) is 4.07. The zero-order valence-electron chi connectivity index (χ0n) is 17.9. The van der Waals surface area contributed by atoms with Crippen molar-refractivity contribution < 1.29 is 32.3 Å². The summed E-state index contributed by atoms with van der Waals surface area (Å²) in [6, 6.07) is 7.88. The zero-order chi connectivity index (χ0) is 24.2. The number of carbonyl (C=O) groups is 2. The minimum absolute atomic E-state index is 0.209. The Balaban J connectivity index is 1.33. The number of aromatic nitrogens is 2. The van der Waals surface area contributed by atoms with E-state index < -0.39 is 40.9 Å². The van der Waals surface area contributed by atoms with Crippen LogP contribution in [-0.2, 0) is 4.79 Å². The fraction of sp³-hybridized carbons (Fsp3) is 0.304. The summed E-state index contributed by atoms with van der Waals surface area (Å²) < 4.78 is 45.2. The van der Waals surface area contributed by atoms with Crippen molar-refractivity contribution in [1.82, 2.24) is 10.2 Å². The second-order valence-electron chi connectivity index (χ2n) is 8.18. The molecule has 1 aliphatic carbocycles. The van der Waals surface area contributed by atoms with Gasteiger partial charge in [0.05, 0.1) is 5.69 Å². The topological polar surface area (TPSA) is 117 Å². The number of aliphatic carboxylic acids is 1. The molecule has 1 aliphatic rings. The lowest BCUT2D eigenvalue weighted by atomic mass is 9.77. The van der Waals surface area contributed by atoms with Crippen LogP contribution in [0.2, 0.25) is 0 Å². The van der Waals surface area contributed by atoms with Crippen LogP contribution in [0.4, 0.5) is 30.6 Å². The van der Waals surface area contributed by atoms with Crippen LogP contribution in [0.3, 0.4) is 0 Å². The fourth-order valence-electron chi connectivity index (χ4n) is 4.07. The van der Waals surface area contributed by atoms with Gasteiger partial charge in [-0.05, 0) is 55.2 Å². The molecule has 1 heterocycles. The molecule has 178 valence electrons. The SMILES string of the molecule is O=C(O)C[C@H]1CC[C@H](c2ccc(NC(=O)c3nnc(Nc4cc(F)c(F)cc4F)o3)cc2)CC1. The Bertz CT molecular complexity index is 1190. The van der Waals surface area contributed by atoms with E-state index in [9.17, 15) is 22.8 Å². The number of nitrogens with one attached hydrogen (secondary N) is 2. The first-order valence-electron chi connectivity index (χ1n) is 10.7. The molecule has 0 unspecified atom stereocenters. The number of nitrogens with zero attached hydrogens (tertiary/aromatic N) is 2. The molecular formula is C23H21F3N4O4. The molecule has 0 atom stereocenters. The average molecular weight is 474 g/mol. The average Bonchev–Trinajstić information content (AvgIpc) is 3.27. The molecule has 3 aromatic rings. The third-order valence-corrected chi connectivity index (χ3v) is 5.82. The lowest BCUT2D eigenvalue weighted by molar-refractivity contribution is -0.138. The maximum atomic E-state index is 13.7. The number of rotatable bonds is 7. The van der Waals surface area contributed by atoms with Crippen LogP contribution in [0.1, 0.15) is 54.3 Å². The van der Waals surface area contributed by atoms with Crippen LogP contribution in [0, 0.1) is 23.4 Å². The van der Waals surface area contributed by atoms with Gasteiger partial charge in [0.15, 0.2) is 11.6 Å². The third-order valence-electron chi connectivity index (χ3n) is 5.82. The molecule has 0 aliphatic heterocycles. The van der Waals surface area contributed by atoms with E-state index >= 15 is 0 Å². The molecule has 1 aromatic heterocycles. The van der Waals surface area contributed by atoms with Gasteiger partial charge in [-0.2, -0.15) is 0 Å². The standard InChI is InChI=1S/C23H21F3N4O4/c24-16-10-18(26)19(11-17(16)25)28-23-30-29-22(34-23)21(33)27-15-7-5-14(6-8-15)13-3-1-12(2-4-13)9-20(31)32/h5-8,10-13H,1-4,9H2,(H,27,33)(H,28,30)(H,31,32)/t12-,13-. The predicted octanol–water partition coefficient (Wildman–Crippen LogP) is 5.23. The Morgan fingerprint density at radius 3 is 2.32 bits per heavy atom. The molecule has 34 heavy (non-hydrogen) atoms. The van der Waals surface area contributed by atoms with Crippen molar-refractivity contribution in [3.8, 4) is 0 Å². The van der Waals surface area contributed by atoms with Crippen molar-refractivity contribution in [1.29, 1.82) is 0 Å². The summed E-state index contributed by atoms with van der Waals surface area (Å²) in [4.78, 5) is 23.3. The summed E-state index contributed by atoms with van der Waals surface area (Å²) >= 11 is 0. The largest absolute Gasteiger partial charge is 0.481 e. The smallest absolute Gasteiger partial charge is 0.320 e. The highest BCUT2D eigenvalue weighted by atomic mass is 19.2. The number of amides is 1. The first kappa shape index (κ1) is 23.3. The second kappa shape index (κ2) is 9.94. The van der Waals surface area contributed by atoms with Gasteiger partial charge in [0, 0.05) is 24.2 Å². The zero-order valence-corrected chi connectivity index (χ0v) is 17.9. The van der Waals surface area contributed by atoms with Crippen molar-refractivity contribution in [2.75, 3.05) is 10.6 Å². The molecule has 3 N–H and O–H groups in total. The Morgan fingerprint density at radius 1 is 0.971 bits per heavy atom. The Labute approximate surface area is 192 Å². The minimum atomic E-state index is -1.34. The quantitative estimate of drug-likeness (QED) is 0.401. The van der Waals surface area contributed by atoms with Gasteiger partial charge in [0.2, 0.25) is 0 Å². The highest BCUT2D eigenvalue weighted by Crippen LogP contribution is 2.37. The Morgan fingerprint density at radius 2 is 1.65 bits per heavy atom. The number of carbonyl (C=O) groups excluding carboxylic acids is 1. The minimum Gasteiger partial charge on any atom is -0.481 e. The van der Waals surface area contributed by atoms with Crippen LogP contribution in [0.15, 0.2) is 40.8 Å². The van der Waals surface area contributed by atoms with E-state index in [0.29, 0.717) is 23.7 Å². The van der Waals surface area contributed by atoms with Crippen LogP contribution in [0.5, 0.6) is 0 Å². The predicted molar refractivity (Wildman–Crippen MR) is 115 cm³/mol. The summed E-state index contributed by atoms with van der Waals surface area (Å²) in [7, 11) is 0. The second-order valence-corrected chi connectivity index (χ2v) is 8.18. The summed E-state index contributed by atoms with van der Waals surface area (Å²) in [5, 5.41) is 21.0. The lowest BCUT2D eigenvalue weighted by Gasteiger charge is -2.28. The molecule has 0 spiro atoms. The van der Waals surface area contributed by atoms with E-state index in [1.54, 1.807) is 12.1 Å². The van der Waals surface area contributed by atoms with Gasteiger partial charge < -0.3 is 20.2 Å². The molecule has 1 amide bonds. The number of hydrogen-bond acceptors (Lipinski definition) is 6. The van der Waals surface area contributed by atoms with E-state index in [1.165, 1.54) is 0 Å². The first-order valence-corrected chi connectivity index (χ1v) is 10.7. The molecule has 4 rings (SSSR count). The van der Waals surface area contributed by atoms with Gasteiger partial charge in [-0.1, -0.05) is 17.2 Å². The molecule has 8 nitrogen and oxygen atoms in total. The number of anilines is 3. The molecule has 0 saturated heterocycles. The molecule has 0 radical (unpaired) electrons. The van der Waals surface area contributed by atoms with Crippen molar-refractivity contribution in [2.24, 2.45) is 5.92 Å². The Hall–Kier alpha value is -3.89. The summed E-state index contributed by atoms with van der Waals surface area (Å²) in [6.07, 6.45) is 3.79. The van der Waals surface area contributed by atoms with E-state index in [-0.39, 0.29) is 18.4 Å². The first-order chi connectivity index (χ1) is 16.3. The molecular weight excluding hydrogens is 453 g/mol. The van der Waals surface area contributed by atoms with Crippen molar-refractivity contribution >= 4 is 29.3 Å². The molecule has 1 saturated carbocycles. The maximum absolute atomic E-state index is 13.7. The van der Waals surface area contributed by atoms with Crippen LogP contribution < -0.4 is 10.6 Å². The van der Waals surface area contributed by atoms with Crippen LogP contribution >= 0.6 is 0 Å². The number of carboxylic acids is 1. The van der Waals surface area contributed by atoms with Crippen LogP contribution in [0.25, 0.3) is 0 Å². The number of benzene rings is 2. The van der Waals surface area contributed by atoms with Gasteiger partial charge in [0.25, 0.3) is 0 Å². The van der Waals surface area contributed by atoms with E-state index in [0.717, 1.165) is 31.2 Å². The van der Waals surface area contributed by atoms with E-state index in [1.807, 2.05) is 12.1 Å². The summed E-state index contributed by atoms with van der Waals surface area (Å²) in [5.74, 6) is -4.98. The maximum Gasteiger partial charge on any atom is 0.320 e. The summed E-state index contributed by atoms with van der Waals surface area (Å²) in [5.41, 5.74) is 1.18. The van der Waals surface area contributed by atoms with Crippen molar-refractivity contribution in [3.63, 3.8) is 0 Å². The van der Waals surface area contributed by atoms with Crippen molar-refractivity contribution in [3.05, 3.63) is 65.3 Å². The van der Waals surface area contributed by atoms with E-state index in [2.05, 4.69) is 20.8 Å². The molecule has 2 aromatic carbocycles. The molecule has 1 fully saturated rings. The lowest BCUT2D eigenvalue weighted by Crippen LogP contribution is -2.16. The van der Waals surface area contributed by atoms with Gasteiger partial charge in [0.1, 0.15) is 5.82 Å². The van der Waals surface area contributed by atoms with Gasteiger partial charge in [-0.3, -0.25) is 9.59 Å². The van der Waals surface area contributed by atoms with Gasteiger partial charge in [-0.25, -0.2) is 13.2 Å².